The number of anilines is 1. The number of rotatable bonds is 5. The first kappa shape index (κ1) is 17.9. The highest BCUT2D eigenvalue weighted by molar-refractivity contribution is 6.39. The molecule has 0 saturated carbocycles. The third kappa shape index (κ3) is 4.80. The lowest BCUT2D eigenvalue weighted by atomic mass is 10.2. The largest absolute Gasteiger partial charge is 0.334 e. The maximum absolute atomic E-state index is 12.3. The first-order valence-corrected chi connectivity index (χ1v) is 8.14. The lowest BCUT2D eigenvalue weighted by molar-refractivity contribution is -0.143. The summed E-state index contributed by atoms with van der Waals surface area (Å²) in [5, 5.41) is 3.14. The Morgan fingerprint density at radius 1 is 1.21 bits per heavy atom. The quantitative estimate of drug-likeness (QED) is 0.847. The molecule has 2 aromatic rings. The van der Waals surface area contributed by atoms with Crippen molar-refractivity contribution in [3.05, 3.63) is 58.9 Å². The van der Waals surface area contributed by atoms with Gasteiger partial charge in [0.1, 0.15) is 0 Å². The minimum atomic E-state index is -0.661. The van der Waals surface area contributed by atoms with Crippen LogP contribution in [0.2, 0.25) is 5.02 Å². The minimum absolute atomic E-state index is 0.464. The van der Waals surface area contributed by atoms with Crippen molar-refractivity contribution in [2.45, 2.75) is 20.3 Å². The zero-order chi connectivity index (χ0) is 17.5. The van der Waals surface area contributed by atoms with E-state index in [1.807, 2.05) is 26.0 Å². The molecule has 0 atom stereocenters. The molecular formula is C18H20ClN3O2. The summed E-state index contributed by atoms with van der Waals surface area (Å²) < 4.78 is 0. The molecule has 0 bridgehead atoms. The predicted octanol–water partition coefficient (Wildman–Crippen LogP) is 3.07. The molecule has 0 spiro atoms. The summed E-state index contributed by atoms with van der Waals surface area (Å²) in [4.78, 5) is 30.0. The first-order chi connectivity index (χ1) is 11.5. The molecule has 1 aromatic heterocycles. The van der Waals surface area contributed by atoms with Gasteiger partial charge in [-0.3, -0.25) is 14.6 Å². The lowest BCUT2D eigenvalue weighted by Crippen LogP contribution is -2.40. The topological polar surface area (TPSA) is 62.3 Å². The standard InChI is InChI=1S/C18H20ClN3O2/c1-3-22(11-8-14-6-9-20-10-7-14)18(24)17(23)21-15-5-4-13(2)16(19)12-15/h4-7,9-10,12H,3,8,11H2,1-2H3,(H,21,23). The van der Waals surface area contributed by atoms with Crippen LogP contribution in [0.4, 0.5) is 5.69 Å². The Balaban J connectivity index is 1.96. The van der Waals surface area contributed by atoms with E-state index in [-0.39, 0.29) is 0 Å². The Labute approximate surface area is 146 Å². The van der Waals surface area contributed by atoms with Crippen molar-refractivity contribution in [3.63, 3.8) is 0 Å². The number of hydrogen-bond donors (Lipinski definition) is 1. The molecule has 126 valence electrons. The van der Waals surface area contributed by atoms with Gasteiger partial charge in [-0.2, -0.15) is 0 Å². The second-order valence-corrected chi connectivity index (χ2v) is 5.82. The van der Waals surface area contributed by atoms with Gasteiger partial charge >= 0.3 is 11.8 Å². The van der Waals surface area contributed by atoms with Crippen molar-refractivity contribution in [2.75, 3.05) is 18.4 Å². The molecule has 1 aromatic carbocycles. The van der Waals surface area contributed by atoms with E-state index in [4.69, 9.17) is 11.6 Å². The molecule has 0 aliphatic heterocycles. The van der Waals surface area contributed by atoms with Gasteiger partial charge in [-0.25, -0.2) is 0 Å². The lowest BCUT2D eigenvalue weighted by Gasteiger charge is -2.20. The Kier molecular flexibility index (Phi) is 6.32. The van der Waals surface area contributed by atoms with Crippen molar-refractivity contribution >= 4 is 29.1 Å². The van der Waals surface area contributed by atoms with Crippen molar-refractivity contribution in [1.82, 2.24) is 9.88 Å². The van der Waals surface area contributed by atoms with Crippen LogP contribution in [-0.2, 0) is 16.0 Å². The predicted molar refractivity (Wildman–Crippen MR) is 95.0 cm³/mol. The monoisotopic (exact) mass is 345 g/mol. The van der Waals surface area contributed by atoms with E-state index in [1.165, 1.54) is 4.90 Å². The molecule has 24 heavy (non-hydrogen) atoms. The highest BCUT2D eigenvalue weighted by Crippen LogP contribution is 2.20. The summed E-state index contributed by atoms with van der Waals surface area (Å²) in [6.45, 7) is 4.66. The third-order valence-electron chi connectivity index (χ3n) is 3.71. The number of carbonyl (C=O) groups is 2. The summed E-state index contributed by atoms with van der Waals surface area (Å²) in [5.74, 6) is -1.21. The number of hydrogen-bond acceptors (Lipinski definition) is 3. The molecule has 0 aliphatic rings. The summed E-state index contributed by atoms with van der Waals surface area (Å²) in [6.07, 6.45) is 4.09. The van der Waals surface area contributed by atoms with Crippen molar-refractivity contribution in [2.24, 2.45) is 0 Å². The van der Waals surface area contributed by atoms with Gasteiger partial charge in [-0.1, -0.05) is 17.7 Å². The van der Waals surface area contributed by atoms with Crippen LogP contribution in [0.1, 0.15) is 18.1 Å². The molecule has 0 unspecified atom stereocenters. The number of amides is 2. The van der Waals surface area contributed by atoms with Gasteiger partial charge in [-0.15, -0.1) is 0 Å². The van der Waals surface area contributed by atoms with Crippen LogP contribution in [0.5, 0.6) is 0 Å². The van der Waals surface area contributed by atoms with Crippen LogP contribution in [0.15, 0.2) is 42.7 Å². The van der Waals surface area contributed by atoms with E-state index >= 15 is 0 Å². The van der Waals surface area contributed by atoms with Crippen LogP contribution in [-0.4, -0.2) is 34.8 Å². The molecule has 1 heterocycles. The molecule has 0 fully saturated rings. The molecule has 0 saturated heterocycles. The van der Waals surface area contributed by atoms with Gasteiger partial charge in [0.05, 0.1) is 0 Å². The van der Waals surface area contributed by atoms with Crippen molar-refractivity contribution < 1.29 is 9.59 Å². The van der Waals surface area contributed by atoms with Crippen LogP contribution in [0.3, 0.4) is 0 Å². The second kappa shape index (κ2) is 8.45. The molecule has 1 N–H and O–H groups in total. The summed E-state index contributed by atoms with van der Waals surface area (Å²) in [6, 6.07) is 8.94. The van der Waals surface area contributed by atoms with E-state index in [9.17, 15) is 9.59 Å². The van der Waals surface area contributed by atoms with Crippen LogP contribution >= 0.6 is 11.6 Å². The molecule has 0 radical (unpaired) electrons. The number of pyridine rings is 1. The molecule has 0 aliphatic carbocycles. The zero-order valence-electron chi connectivity index (χ0n) is 13.8. The van der Waals surface area contributed by atoms with Crippen molar-refractivity contribution in [1.29, 1.82) is 0 Å². The summed E-state index contributed by atoms with van der Waals surface area (Å²) >= 11 is 6.03. The van der Waals surface area contributed by atoms with Crippen LogP contribution in [0.25, 0.3) is 0 Å². The van der Waals surface area contributed by atoms with E-state index in [0.29, 0.717) is 30.2 Å². The smallest absolute Gasteiger partial charge is 0.313 e. The number of aromatic nitrogens is 1. The maximum atomic E-state index is 12.3. The van der Waals surface area contributed by atoms with Crippen molar-refractivity contribution in [3.8, 4) is 0 Å². The SMILES string of the molecule is CCN(CCc1ccncc1)C(=O)C(=O)Nc1ccc(C)c(Cl)c1. The normalized spacial score (nSPS) is 10.3. The number of carbonyl (C=O) groups excluding carboxylic acids is 2. The van der Waals surface area contributed by atoms with Gasteiger partial charge in [-0.05, 0) is 55.7 Å². The van der Waals surface area contributed by atoms with Crippen LogP contribution < -0.4 is 5.32 Å². The Bertz CT molecular complexity index is 719. The highest BCUT2D eigenvalue weighted by Gasteiger charge is 2.20. The minimum Gasteiger partial charge on any atom is -0.334 e. The Hall–Kier alpha value is -2.40. The summed E-state index contributed by atoms with van der Waals surface area (Å²) in [5.41, 5.74) is 2.49. The van der Waals surface area contributed by atoms with E-state index in [0.717, 1.165) is 11.1 Å². The van der Waals surface area contributed by atoms with Gasteiger partial charge in [0.25, 0.3) is 0 Å². The number of halogens is 1. The van der Waals surface area contributed by atoms with Gasteiger partial charge in [0.15, 0.2) is 0 Å². The van der Waals surface area contributed by atoms with Gasteiger partial charge in [0, 0.05) is 36.2 Å². The van der Waals surface area contributed by atoms with E-state index in [1.54, 1.807) is 30.6 Å². The molecule has 6 heteroatoms. The Morgan fingerprint density at radius 3 is 2.54 bits per heavy atom. The molecular weight excluding hydrogens is 326 g/mol. The van der Waals surface area contributed by atoms with E-state index in [2.05, 4.69) is 10.3 Å². The second-order valence-electron chi connectivity index (χ2n) is 5.41. The number of aryl methyl sites for hydroxylation is 1. The number of likely N-dealkylation sites (N-methyl/N-ethyl adjacent to an activating group) is 1. The van der Waals surface area contributed by atoms with Crippen LogP contribution in [0, 0.1) is 6.92 Å². The average Bonchev–Trinajstić information content (AvgIpc) is 2.59. The number of benzene rings is 1. The number of nitrogens with zero attached hydrogens (tertiary/aromatic N) is 2. The fraction of sp³-hybridized carbons (Fsp3) is 0.278. The third-order valence-corrected chi connectivity index (χ3v) is 4.12. The summed E-state index contributed by atoms with van der Waals surface area (Å²) in [7, 11) is 0. The highest BCUT2D eigenvalue weighted by atomic mass is 35.5. The Morgan fingerprint density at radius 2 is 1.92 bits per heavy atom. The first-order valence-electron chi connectivity index (χ1n) is 7.76. The number of nitrogens with one attached hydrogen (secondary N) is 1. The molecule has 2 amide bonds. The van der Waals surface area contributed by atoms with Gasteiger partial charge in [0.2, 0.25) is 0 Å². The molecule has 2 rings (SSSR count). The maximum Gasteiger partial charge on any atom is 0.313 e. The average molecular weight is 346 g/mol. The molecule has 5 nitrogen and oxygen atoms in total. The fourth-order valence-corrected chi connectivity index (χ4v) is 2.40. The zero-order valence-corrected chi connectivity index (χ0v) is 14.5. The van der Waals surface area contributed by atoms with Gasteiger partial charge < -0.3 is 10.2 Å². The fourth-order valence-electron chi connectivity index (χ4n) is 2.22. The van der Waals surface area contributed by atoms with E-state index < -0.39 is 11.8 Å².